The summed E-state index contributed by atoms with van der Waals surface area (Å²) in [5, 5.41) is 7.28. The van der Waals surface area contributed by atoms with Gasteiger partial charge in [0, 0.05) is 47.7 Å². The van der Waals surface area contributed by atoms with Crippen LogP contribution in [0.1, 0.15) is 97.4 Å². The average Bonchev–Trinajstić information content (AvgIpc) is 3.43. The van der Waals surface area contributed by atoms with Gasteiger partial charge in [-0.2, -0.15) is 4.31 Å². The molecule has 10 heteroatoms. The number of thiophene rings is 1. The predicted molar refractivity (Wildman–Crippen MR) is 155 cm³/mol. The fourth-order valence-electron chi connectivity index (χ4n) is 6.30. The minimum atomic E-state index is -3.59. The molecule has 39 heavy (non-hydrogen) atoms. The Bertz CT molecular complexity index is 1350. The molecule has 2 aromatic rings. The molecule has 4 heterocycles. The van der Waals surface area contributed by atoms with Crippen molar-refractivity contribution in [2.75, 3.05) is 31.5 Å². The number of fused-ring (bicyclic) bond motifs is 1. The molecule has 212 valence electrons. The number of anilines is 1. The molecule has 0 unspecified atom stereocenters. The minimum Gasteiger partial charge on any atom is -0.339 e. The number of hydrogen-bond donors (Lipinski definition) is 2. The second-order valence-electron chi connectivity index (χ2n) is 12.2. The number of amides is 2. The van der Waals surface area contributed by atoms with Crippen molar-refractivity contribution in [3.8, 4) is 0 Å². The molecule has 8 nitrogen and oxygen atoms in total. The first kappa shape index (κ1) is 28.3. The summed E-state index contributed by atoms with van der Waals surface area (Å²) in [5.74, 6) is -0.375. The zero-order valence-corrected chi connectivity index (χ0v) is 25.1. The average molecular weight is 573 g/mol. The lowest BCUT2D eigenvalue weighted by Gasteiger charge is -2.42. The van der Waals surface area contributed by atoms with Gasteiger partial charge in [0.15, 0.2) is 0 Å². The molecule has 5 rings (SSSR count). The van der Waals surface area contributed by atoms with E-state index < -0.39 is 10.0 Å². The molecule has 0 saturated carbocycles. The second kappa shape index (κ2) is 10.6. The van der Waals surface area contributed by atoms with Crippen molar-refractivity contribution in [1.29, 1.82) is 0 Å². The Hall–Kier alpha value is -2.27. The molecule has 2 N–H and O–H groups in total. The maximum Gasteiger partial charge on any atom is 0.257 e. The Morgan fingerprint density at radius 2 is 1.49 bits per heavy atom. The third kappa shape index (κ3) is 5.66. The Balaban J connectivity index is 1.43. The summed E-state index contributed by atoms with van der Waals surface area (Å²) in [7, 11) is -3.59. The van der Waals surface area contributed by atoms with E-state index in [-0.39, 0.29) is 27.8 Å². The lowest BCUT2D eigenvalue weighted by Crippen LogP contribution is -2.55. The molecule has 1 aromatic heterocycles. The second-order valence-corrected chi connectivity index (χ2v) is 15.2. The fourth-order valence-corrected chi connectivity index (χ4v) is 9.09. The van der Waals surface area contributed by atoms with Crippen LogP contribution < -0.4 is 10.6 Å². The quantitative estimate of drug-likeness (QED) is 0.528. The van der Waals surface area contributed by atoms with Crippen molar-refractivity contribution in [3.05, 3.63) is 45.8 Å². The van der Waals surface area contributed by atoms with E-state index in [1.807, 2.05) is 4.90 Å². The van der Waals surface area contributed by atoms with Gasteiger partial charge in [0.05, 0.1) is 10.5 Å². The molecule has 0 aliphatic carbocycles. The molecule has 2 fully saturated rings. The van der Waals surface area contributed by atoms with Gasteiger partial charge in [-0.25, -0.2) is 8.42 Å². The van der Waals surface area contributed by atoms with Crippen molar-refractivity contribution in [1.82, 2.24) is 14.5 Å². The number of carbonyl (C=O) groups is 2. The Morgan fingerprint density at radius 1 is 0.897 bits per heavy atom. The lowest BCUT2D eigenvalue weighted by molar-refractivity contribution is 0.0792. The van der Waals surface area contributed by atoms with Gasteiger partial charge in [0.1, 0.15) is 5.00 Å². The molecular formula is C29H40N4O4S2. The molecule has 0 spiro atoms. The molecular weight excluding hydrogens is 532 g/mol. The Morgan fingerprint density at radius 3 is 2.10 bits per heavy atom. The van der Waals surface area contributed by atoms with E-state index in [0.717, 1.165) is 62.1 Å². The first-order valence-electron chi connectivity index (χ1n) is 14.1. The van der Waals surface area contributed by atoms with Crippen LogP contribution in [0.15, 0.2) is 29.2 Å². The molecule has 2 amide bonds. The van der Waals surface area contributed by atoms with Crippen LogP contribution in [0.4, 0.5) is 5.00 Å². The summed E-state index contributed by atoms with van der Waals surface area (Å²) in [6.45, 7) is 11.0. The maximum absolute atomic E-state index is 13.8. The summed E-state index contributed by atoms with van der Waals surface area (Å²) >= 11 is 1.46. The van der Waals surface area contributed by atoms with Gasteiger partial charge in [-0.15, -0.1) is 11.3 Å². The fraction of sp³-hybridized carbons (Fsp3) is 0.586. The number of carbonyl (C=O) groups excluding carboxylic acids is 2. The van der Waals surface area contributed by atoms with Crippen LogP contribution in [-0.4, -0.2) is 61.2 Å². The first-order chi connectivity index (χ1) is 18.4. The van der Waals surface area contributed by atoms with Crippen molar-refractivity contribution in [2.45, 2.75) is 88.6 Å². The Labute approximate surface area is 236 Å². The summed E-state index contributed by atoms with van der Waals surface area (Å²) in [6, 6.07) is 6.15. The molecule has 2 saturated heterocycles. The molecule has 1 aromatic carbocycles. The summed E-state index contributed by atoms with van der Waals surface area (Å²) in [6.07, 6.45) is 6.50. The van der Waals surface area contributed by atoms with Gasteiger partial charge in [-0.1, -0.05) is 12.8 Å². The number of rotatable bonds is 5. The van der Waals surface area contributed by atoms with E-state index in [1.165, 1.54) is 23.5 Å². The van der Waals surface area contributed by atoms with Crippen LogP contribution in [0.5, 0.6) is 0 Å². The highest BCUT2D eigenvalue weighted by Crippen LogP contribution is 2.45. The third-order valence-corrected chi connectivity index (χ3v) is 11.4. The van der Waals surface area contributed by atoms with Gasteiger partial charge >= 0.3 is 0 Å². The number of sulfonamides is 1. The zero-order valence-electron chi connectivity index (χ0n) is 23.4. The van der Waals surface area contributed by atoms with Crippen molar-refractivity contribution >= 4 is 38.2 Å². The van der Waals surface area contributed by atoms with E-state index in [1.54, 1.807) is 16.4 Å². The number of hydrogen-bond acceptors (Lipinski definition) is 6. The van der Waals surface area contributed by atoms with Crippen molar-refractivity contribution < 1.29 is 18.0 Å². The highest BCUT2D eigenvalue weighted by atomic mass is 32.2. The van der Waals surface area contributed by atoms with Crippen molar-refractivity contribution in [3.63, 3.8) is 0 Å². The van der Waals surface area contributed by atoms with Crippen molar-refractivity contribution in [2.24, 2.45) is 0 Å². The highest BCUT2D eigenvalue weighted by Gasteiger charge is 2.42. The first-order valence-corrected chi connectivity index (χ1v) is 16.3. The summed E-state index contributed by atoms with van der Waals surface area (Å²) in [4.78, 5) is 30.3. The largest absolute Gasteiger partial charge is 0.339 e. The van der Waals surface area contributed by atoms with Gasteiger partial charge in [0.2, 0.25) is 10.0 Å². The standard InChI is InChI=1S/C29H40N4O4S2/c1-28(2)19-22-23(27(35)32-15-9-10-16-32)26(38-24(22)29(3,4)31-28)30-25(34)20-11-13-21(14-12-20)39(36,37)33-17-7-5-6-8-18-33/h11-14,31H,5-10,15-19H2,1-4H3,(H,30,34). The summed E-state index contributed by atoms with van der Waals surface area (Å²) < 4.78 is 27.9. The monoisotopic (exact) mass is 572 g/mol. The maximum atomic E-state index is 13.8. The van der Waals surface area contributed by atoms with Crippen LogP contribution in [0.2, 0.25) is 0 Å². The van der Waals surface area contributed by atoms with E-state index in [0.29, 0.717) is 35.6 Å². The molecule has 0 atom stereocenters. The van der Waals surface area contributed by atoms with E-state index >= 15 is 0 Å². The van der Waals surface area contributed by atoms with Gasteiger partial charge < -0.3 is 15.5 Å². The molecule has 3 aliphatic heterocycles. The highest BCUT2D eigenvalue weighted by molar-refractivity contribution is 7.89. The third-order valence-electron chi connectivity index (χ3n) is 8.00. The summed E-state index contributed by atoms with van der Waals surface area (Å²) in [5.41, 5.74) is 1.42. The van der Waals surface area contributed by atoms with E-state index in [9.17, 15) is 18.0 Å². The van der Waals surface area contributed by atoms with Crippen LogP contribution in [0.3, 0.4) is 0 Å². The zero-order chi connectivity index (χ0) is 28.0. The van der Waals surface area contributed by atoms with Gasteiger partial charge in [-0.05, 0) is 89.6 Å². The number of nitrogens with zero attached hydrogens (tertiary/aromatic N) is 2. The van der Waals surface area contributed by atoms with Crippen LogP contribution in [0, 0.1) is 0 Å². The topological polar surface area (TPSA) is 98.8 Å². The number of likely N-dealkylation sites (tertiary alicyclic amines) is 1. The van der Waals surface area contributed by atoms with Gasteiger partial charge in [-0.3, -0.25) is 9.59 Å². The Kier molecular flexibility index (Phi) is 7.69. The van der Waals surface area contributed by atoms with E-state index in [2.05, 4.69) is 38.3 Å². The number of nitrogens with one attached hydrogen (secondary N) is 2. The van der Waals surface area contributed by atoms with E-state index in [4.69, 9.17) is 0 Å². The lowest BCUT2D eigenvalue weighted by atomic mass is 9.81. The number of benzene rings is 1. The normalized spacial score (nSPS) is 21.3. The predicted octanol–water partition coefficient (Wildman–Crippen LogP) is 4.96. The molecule has 3 aliphatic rings. The van der Waals surface area contributed by atoms with Crippen LogP contribution >= 0.6 is 11.3 Å². The van der Waals surface area contributed by atoms with Crippen LogP contribution in [-0.2, 0) is 22.0 Å². The van der Waals surface area contributed by atoms with Gasteiger partial charge in [0.25, 0.3) is 11.8 Å². The molecule has 0 bridgehead atoms. The smallest absolute Gasteiger partial charge is 0.257 e. The SMILES string of the molecule is CC1(C)Cc2c(sc(NC(=O)c3ccc(S(=O)(=O)N4CCCCCC4)cc3)c2C(=O)N2CCCC2)C(C)(C)N1. The minimum absolute atomic E-state index is 0.0207. The van der Waals surface area contributed by atoms with Crippen LogP contribution in [0.25, 0.3) is 0 Å². The molecule has 0 radical (unpaired) electrons.